The second-order valence-corrected chi connectivity index (χ2v) is 6.59. The van der Waals surface area contributed by atoms with Crippen LogP contribution < -0.4 is 0 Å². The summed E-state index contributed by atoms with van der Waals surface area (Å²) >= 11 is 0. The Balaban J connectivity index is 3.03. The maximum absolute atomic E-state index is 5.94. The van der Waals surface area contributed by atoms with Crippen LogP contribution in [0.2, 0.25) is 6.04 Å². The zero-order chi connectivity index (χ0) is 12.8. The summed E-state index contributed by atoms with van der Waals surface area (Å²) in [5.74, 6) is 0. The van der Waals surface area contributed by atoms with Gasteiger partial charge in [-0.05, 0) is 18.9 Å². The van der Waals surface area contributed by atoms with Crippen LogP contribution >= 0.6 is 0 Å². The highest BCUT2D eigenvalue weighted by Crippen LogP contribution is 2.10. The van der Waals surface area contributed by atoms with Crippen LogP contribution in [0.25, 0.3) is 0 Å². The molecule has 0 aliphatic carbocycles. The second kappa shape index (κ2) is 14.2. The standard InChI is InChI=1S/C15H34OSi/c1-4-7-8-9-10-11-12-13-14-17-16-15(5-2)6-3/h15H,4-14,17H2,1-3H3. The van der Waals surface area contributed by atoms with E-state index in [9.17, 15) is 0 Å². The first-order chi connectivity index (χ1) is 8.35. The third-order valence-corrected chi connectivity index (χ3v) is 5.01. The SMILES string of the molecule is CCCCCCCCCC[SiH2]OC(CC)CC. The molecule has 0 aromatic heterocycles. The average molecular weight is 259 g/mol. The Hall–Kier alpha value is 0.177. The van der Waals surface area contributed by atoms with E-state index in [1.54, 1.807) is 0 Å². The van der Waals surface area contributed by atoms with E-state index in [-0.39, 0.29) is 9.76 Å². The lowest BCUT2D eigenvalue weighted by Gasteiger charge is -2.13. The molecule has 0 atom stereocenters. The van der Waals surface area contributed by atoms with E-state index in [2.05, 4.69) is 20.8 Å². The number of rotatable bonds is 13. The van der Waals surface area contributed by atoms with Crippen LogP contribution in [0.1, 0.15) is 85.0 Å². The quantitative estimate of drug-likeness (QED) is 0.339. The minimum Gasteiger partial charge on any atom is -0.421 e. The molecule has 0 aromatic rings. The summed E-state index contributed by atoms with van der Waals surface area (Å²) in [6, 6.07) is 1.39. The summed E-state index contributed by atoms with van der Waals surface area (Å²) in [5.41, 5.74) is 0. The van der Waals surface area contributed by atoms with Crippen molar-refractivity contribution >= 4 is 9.76 Å². The largest absolute Gasteiger partial charge is 0.421 e. The molecule has 104 valence electrons. The summed E-state index contributed by atoms with van der Waals surface area (Å²) < 4.78 is 5.94. The Morgan fingerprint density at radius 2 is 1.29 bits per heavy atom. The molecule has 0 aliphatic heterocycles. The highest BCUT2D eigenvalue weighted by Gasteiger charge is 2.01. The molecular formula is C15H34OSi. The summed E-state index contributed by atoms with van der Waals surface area (Å²) in [6.07, 6.45) is 14.4. The third kappa shape index (κ3) is 12.4. The van der Waals surface area contributed by atoms with Gasteiger partial charge in [0, 0.05) is 6.10 Å². The molecule has 0 aromatic carbocycles. The minimum absolute atomic E-state index is 0.206. The van der Waals surface area contributed by atoms with Crippen molar-refractivity contribution in [2.75, 3.05) is 0 Å². The Bertz CT molecular complexity index is 135. The van der Waals surface area contributed by atoms with Crippen LogP contribution in [0.4, 0.5) is 0 Å². The molecule has 0 saturated heterocycles. The smallest absolute Gasteiger partial charge is 0.161 e. The van der Waals surface area contributed by atoms with Gasteiger partial charge < -0.3 is 4.43 Å². The van der Waals surface area contributed by atoms with Gasteiger partial charge in [0.25, 0.3) is 0 Å². The third-order valence-electron chi connectivity index (χ3n) is 3.51. The topological polar surface area (TPSA) is 9.23 Å². The Morgan fingerprint density at radius 1 is 0.765 bits per heavy atom. The molecule has 0 rings (SSSR count). The lowest BCUT2D eigenvalue weighted by atomic mass is 10.1. The molecule has 0 amide bonds. The van der Waals surface area contributed by atoms with Crippen LogP contribution in [0.3, 0.4) is 0 Å². The number of hydrogen-bond acceptors (Lipinski definition) is 1. The summed E-state index contributed by atoms with van der Waals surface area (Å²) in [4.78, 5) is 0. The fraction of sp³-hybridized carbons (Fsp3) is 1.00. The molecule has 0 radical (unpaired) electrons. The van der Waals surface area contributed by atoms with Crippen LogP contribution in [-0.2, 0) is 4.43 Å². The monoisotopic (exact) mass is 258 g/mol. The number of hydrogen-bond donors (Lipinski definition) is 0. The van der Waals surface area contributed by atoms with Crippen molar-refractivity contribution in [1.82, 2.24) is 0 Å². The van der Waals surface area contributed by atoms with E-state index < -0.39 is 0 Å². The molecule has 0 spiro atoms. The van der Waals surface area contributed by atoms with E-state index >= 15 is 0 Å². The van der Waals surface area contributed by atoms with Gasteiger partial charge >= 0.3 is 0 Å². The van der Waals surface area contributed by atoms with Crippen LogP contribution in [-0.4, -0.2) is 15.9 Å². The molecule has 0 bridgehead atoms. The van der Waals surface area contributed by atoms with Gasteiger partial charge in [-0.15, -0.1) is 0 Å². The fourth-order valence-electron chi connectivity index (χ4n) is 2.19. The highest BCUT2D eigenvalue weighted by molar-refractivity contribution is 6.27. The maximum atomic E-state index is 5.94. The summed E-state index contributed by atoms with van der Waals surface area (Å²) in [6.45, 7) is 6.75. The van der Waals surface area contributed by atoms with Crippen molar-refractivity contribution in [2.45, 2.75) is 97.1 Å². The number of unbranched alkanes of at least 4 members (excludes halogenated alkanes) is 7. The van der Waals surface area contributed by atoms with Crippen molar-refractivity contribution in [2.24, 2.45) is 0 Å². The summed E-state index contributed by atoms with van der Waals surface area (Å²) in [5, 5.41) is 0. The molecule has 2 heteroatoms. The van der Waals surface area contributed by atoms with E-state index in [4.69, 9.17) is 4.43 Å². The molecule has 0 heterocycles. The zero-order valence-corrected chi connectivity index (χ0v) is 13.9. The van der Waals surface area contributed by atoms with E-state index in [0.717, 1.165) is 0 Å². The van der Waals surface area contributed by atoms with Gasteiger partial charge in [-0.2, -0.15) is 0 Å². The molecule has 0 aliphatic rings. The zero-order valence-electron chi connectivity index (χ0n) is 12.5. The molecule has 0 saturated carbocycles. The van der Waals surface area contributed by atoms with Gasteiger partial charge in [-0.25, -0.2) is 0 Å². The van der Waals surface area contributed by atoms with Crippen molar-refractivity contribution in [3.05, 3.63) is 0 Å². The van der Waals surface area contributed by atoms with Gasteiger partial charge in [-0.3, -0.25) is 0 Å². The molecular weight excluding hydrogens is 224 g/mol. The summed E-state index contributed by atoms with van der Waals surface area (Å²) in [7, 11) is -0.206. The molecule has 0 unspecified atom stereocenters. The Kier molecular flexibility index (Phi) is 14.4. The molecule has 1 nitrogen and oxygen atoms in total. The van der Waals surface area contributed by atoms with E-state index in [1.807, 2.05) is 0 Å². The van der Waals surface area contributed by atoms with Gasteiger partial charge in [0.1, 0.15) is 0 Å². The molecule has 0 fully saturated rings. The first-order valence-corrected chi connectivity index (χ1v) is 9.54. The first kappa shape index (κ1) is 17.2. The van der Waals surface area contributed by atoms with E-state index in [0.29, 0.717) is 6.10 Å². The van der Waals surface area contributed by atoms with Crippen molar-refractivity contribution < 1.29 is 4.43 Å². The van der Waals surface area contributed by atoms with Crippen molar-refractivity contribution in [1.29, 1.82) is 0 Å². The normalized spacial score (nSPS) is 12.0. The first-order valence-electron chi connectivity index (χ1n) is 7.96. The Morgan fingerprint density at radius 3 is 1.82 bits per heavy atom. The van der Waals surface area contributed by atoms with Crippen LogP contribution in [0.15, 0.2) is 0 Å². The predicted molar refractivity (Wildman–Crippen MR) is 81.4 cm³/mol. The van der Waals surface area contributed by atoms with Gasteiger partial charge in [0.05, 0.1) is 0 Å². The maximum Gasteiger partial charge on any atom is 0.161 e. The van der Waals surface area contributed by atoms with Gasteiger partial charge in [0.15, 0.2) is 9.76 Å². The van der Waals surface area contributed by atoms with Crippen molar-refractivity contribution in [3.63, 3.8) is 0 Å². The molecule has 17 heavy (non-hydrogen) atoms. The lowest BCUT2D eigenvalue weighted by molar-refractivity contribution is 0.202. The highest BCUT2D eigenvalue weighted by atomic mass is 28.2. The lowest BCUT2D eigenvalue weighted by Crippen LogP contribution is -2.13. The second-order valence-electron chi connectivity index (χ2n) is 5.14. The van der Waals surface area contributed by atoms with Crippen molar-refractivity contribution in [3.8, 4) is 0 Å². The Labute approximate surface area is 112 Å². The predicted octanol–water partition coefficient (Wildman–Crippen LogP) is 4.83. The average Bonchev–Trinajstić information content (AvgIpc) is 2.36. The van der Waals surface area contributed by atoms with E-state index in [1.165, 1.54) is 70.3 Å². The van der Waals surface area contributed by atoms with Crippen LogP contribution in [0.5, 0.6) is 0 Å². The van der Waals surface area contributed by atoms with Gasteiger partial charge in [-0.1, -0.05) is 72.1 Å². The minimum atomic E-state index is -0.206. The fourth-order valence-corrected chi connectivity index (χ4v) is 3.72. The van der Waals surface area contributed by atoms with Gasteiger partial charge in [0.2, 0.25) is 0 Å². The van der Waals surface area contributed by atoms with Crippen LogP contribution in [0, 0.1) is 0 Å². The molecule has 0 N–H and O–H groups in total.